The van der Waals surface area contributed by atoms with Gasteiger partial charge in [0.1, 0.15) is 5.69 Å². The van der Waals surface area contributed by atoms with Crippen molar-refractivity contribution in [2.45, 2.75) is 18.0 Å². The third-order valence-corrected chi connectivity index (χ3v) is 4.35. The van der Waals surface area contributed by atoms with E-state index in [9.17, 15) is 13.2 Å². The van der Waals surface area contributed by atoms with Crippen LogP contribution in [0.5, 0.6) is 0 Å². The first-order valence-electron chi connectivity index (χ1n) is 6.16. The van der Waals surface area contributed by atoms with Crippen LogP contribution in [0.2, 0.25) is 10.0 Å². The molecule has 2 rings (SSSR count). The molecule has 0 saturated heterocycles. The van der Waals surface area contributed by atoms with Crippen molar-refractivity contribution < 1.29 is 13.2 Å². The van der Waals surface area contributed by atoms with Crippen molar-refractivity contribution >= 4 is 46.6 Å². The summed E-state index contributed by atoms with van der Waals surface area (Å²) in [6, 6.07) is 1.49. The second-order valence-corrected chi connectivity index (χ2v) is 6.37. The molecular weight excluding hydrogens is 372 g/mol. The zero-order valence-electron chi connectivity index (χ0n) is 11.6. The smallest absolute Gasteiger partial charge is 0.382 e. The second-order valence-electron chi connectivity index (χ2n) is 4.28. The summed E-state index contributed by atoms with van der Waals surface area (Å²) in [5.74, 6) is 0.792. The van der Waals surface area contributed by atoms with Crippen LogP contribution in [0.25, 0.3) is 10.5 Å². The van der Waals surface area contributed by atoms with E-state index in [0.717, 1.165) is 16.8 Å². The molecule has 0 amide bonds. The van der Waals surface area contributed by atoms with Crippen molar-refractivity contribution in [1.82, 2.24) is 9.78 Å². The Balaban J connectivity index is 2.67. The molecule has 0 saturated carbocycles. The quantitative estimate of drug-likeness (QED) is 0.569. The Kier molecular flexibility index (Phi) is 5.04. The maximum atomic E-state index is 12.8. The minimum Gasteiger partial charge on any atom is -0.382 e. The molecule has 0 aliphatic carbocycles. The number of thioether (sulfide) groups is 1. The fourth-order valence-corrected chi connectivity index (χ4v) is 3.25. The van der Waals surface area contributed by atoms with E-state index < -0.39 is 11.7 Å². The topological polar surface area (TPSA) is 48.2 Å². The molecule has 0 atom stereocenters. The number of nitrogens with zero attached hydrogens (tertiary/aromatic N) is 3. The van der Waals surface area contributed by atoms with Crippen LogP contribution in [-0.2, 0) is 6.18 Å². The maximum absolute atomic E-state index is 12.8. The van der Waals surface area contributed by atoms with Gasteiger partial charge in [-0.1, -0.05) is 36.7 Å². The molecule has 0 unspecified atom stereocenters. The monoisotopic (exact) mass is 380 g/mol. The molecule has 1 heterocycles. The molecule has 4 nitrogen and oxygen atoms in total. The van der Waals surface area contributed by atoms with E-state index >= 15 is 0 Å². The Morgan fingerprint density at radius 2 is 1.91 bits per heavy atom. The van der Waals surface area contributed by atoms with Crippen LogP contribution in [0.15, 0.2) is 17.0 Å². The number of nitrogen functional groups attached to an aromatic ring is 1. The van der Waals surface area contributed by atoms with Crippen molar-refractivity contribution in [2.75, 3.05) is 11.5 Å². The average molecular weight is 381 g/mol. The van der Waals surface area contributed by atoms with Gasteiger partial charge in [0.15, 0.2) is 5.82 Å². The van der Waals surface area contributed by atoms with E-state index in [1.807, 2.05) is 6.92 Å². The molecule has 2 aromatic rings. The molecule has 122 valence electrons. The van der Waals surface area contributed by atoms with Crippen LogP contribution in [-0.4, -0.2) is 15.5 Å². The molecule has 1 aromatic carbocycles. The van der Waals surface area contributed by atoms with Crippen LogP contribution in [0.3, 0.4) is 0 Å². The zero-order valence-corrected chi connectivity index (χ0v) is 13.9. The lowest BCUT2D eigenvalue weighted by molar-refractivity contribution is -0.137. The molecule has 0 spiro atoms. The molecule has 0 bridgehead atoms. The van der Waals surface area contributed by atoms with E-state index in [2.05, 4.69) is 9.94 Å². The molecule has 0 radical (unpaired) electrons. The fraction of sp³-hybridized carbons (Fsp3) is 0.231. The molecule has 0 aliphatic rings. The van der Waals surface area contributed by atoms with Crippen LogP contribution in [0, 0.1) is 6.57 Å². The molecule has 2 N–H and O–H groups in total. The Hall–Kier alpha value is -1.56. The highest BCUT2D eigenvalue weighted by molar-refractivity contribution is 7.99. The molecule has 0 fully saturated rings. The minimum absolute atomic E-state index is 0.00619. The van der Waals surface area contributed by atoms with Crippen molar-refractivity contribution in [3.63, 3.8) is 0 Å². The van der Waals surface area contributed by atoms with Crippen LogP contribution in [0.1, 0.15) is 12.5 Å². The van der Waals surface area contributed by atoms with Gasteiger partial charge in [-0.05, 0) is 23.0 Å². The zero-order chi connectivity index (χ0) is 17.4. The maximum Gasteiger partial charge on any atom is 0.416 e. The van der Waals surface area contributed by atoms with Gasteiger partial charge >= 0.3 is 12.0 Å². The van der Waals surface area contributed by atoms with Gasteiger partial charge in [-0.2, -0.15) is 13.2 Å². The first kappa shape index (κ1) is 17.8. The summed E-state index contributed by atoms with van der Waals surface area (Å²) in [7, 11) is 0. The summed E-state index contributed by atoms with van der Waals surface area (Å²) in [5.41, 5.74) is 4.99. The summed E-state index contributed by atoms with van der Waals surface area (Å²) >= 11 is 13.2. The number of aromatic nitrogens is 2. The summed E-state index contributed by atoms with van der Waals surface area (Å²) in [6.45, 7) is 8.99. The summed E-state index contributed by atoms with van der Waals surface area (Å²) in [4.78, 5) is 3.70. The molecule has 0 aliphatic heterocycles. The predicted molar refractivity (Wildman–Crippen MR) is 85.7 cm³/mol. The largest absolute Gasteiger partial charge is 0.416 e. The van der Waals surface area contributed by atoms with Gasteiger partial charge in [0.2, 0.25) is 0 Å². The van der Waals surface area contributed by atoms with E-state index in [-0.39, 0.29) is 27.4 Å². The van der Waals surface area contributed by atoms with Crippen molar-refractivity contribution in [1.29, 1.82) is 0 Å². The highest BCUT2D eigenvalue weighted by atomic mass is 35.5. The highest BCUT2D eigenvalue weighted by Gasteiger charge is 2.33. The van der Waals surface area contributed by atoms with E-state index in [0.29, 0.717) is 10.6 Å². The SMILES string of the molecule is [C-]#[N+]c1nn(-c2c(Cl)cc(C(F)(F)F)cc2Cl)c(N)c1SCC. The lowest BCUT2D eigenvalue weighted by atomic mass is 10.2. The van der Waals surface area contributed by atoms with Gasteiger partial charge < -0.3 is 10.6 Å². The van der Waals surface area contributed by atoms with Crippen molar-refractivity contribution in [2.24, 2.45) is 0 Å². The van der Waals surface area contributed by atoms with Gasteiger partial charge in [-0.15, -0.1) is 16.4 Å². The number of alkyl halides is 3. The normalized spacial score (nSPS) is 11.5. The number of hydrogen-bond donors (Lipinski definition) is 1. The number of hydrogen-bond acceptors (Lipinski definition) is 3. The van der Waals surface area contributed by atoms with Gasteiger partial charge in [-0.25, -0.2) is 0 Å². The van der Waals surface area contributed by atoms with Crippen LogP contribution in [0.4, 0.5) is 24.8 Å². The van der Waals surface area contributed by atoms with Gasteiger partial charge in [0.05, 0.1) is 20.5 Å². The Morgan fingerprint density at radius 1 is 1.35 bits per heavy atom. The van der Waals surface area contributed by atoms with E-state index in [1.165, 1.54) is 11.8 Å². The lowest BCUT2D eigenvalue weighted by Gasteiger charge is -2.11. The third kappa shape index (κ3) is 3.37. The average Bonchev–Trinajstić information content (AvgIpc) is 2.75. The van der Waals surface area contributed by atoms with E-state index in [4.69, 9.17) is 35.5 Å². The molecule has 23 heavy (non-hydrogen) atoms. The van der Waals surface area contributed by atoms with Crippen LogP contribution < -0.4 is 5.73 Å². The minimum atomic E-state index is -4.58. The second kappa shape index (κ2) is 6.51. The Morgan fingerprint density at radius 3 is 2.35 bits per heavy atom. The van der Waals surface area contributed by atoms with Gasteiger partial charge in [0.25, 0.3) is 0 Å². The Bertz CT molecular complexity index is 773. The van der Waals surface area contributed by atoms with Crippen molar-refractivity contribution in [3.05, 3.63) is 39.2 Å². The summed E-state index contributed by atoms with van der Waals surface area (Å²) < 4.78 is 39.4. The fourth-order valence-electron chi connectivity index (χ4n) is 1.86. The van der Waals surface area contributed by atoms with E-state index in [1.54, 1.807) is 0 Å². The predicted octanol–water partition coefficient (Wildman–Crippen LogP) is 5.44. The number of rotatable bonds is 3. The standard InChI is InChI=1S/C13H9Cl2F3N4S/c1-3-23-10-11(19)22(21-12(10)20-2)9-7(14)4-6(5-8(9)15)13(16,17)18/h4-5H,3,19H2,1H3. The van der Waals surface area contributed by atoms with Gasteiger partial charge in [0, 0.05) is 0 Å². The number of halogens is 5. The molecular formula is C13H9Cl2F3N4S. The van der Waals surface area contributed by atoms with Gasteiger partial charge in [-0.3, -0.25) is 0 Å². The first-order chi connectivity index (χ1) is 10.7. The number of anilines is 1. The van der Waals surface area contributed by atoms with Crippen molar-refractivity contribution in [3.8, 4) is 5.69 Å². The number of nitrogens with two attached hydrogens (primary N) is 1. The van der Waals surface area contributed by atoms with Crippen LogP contribution >= 0.6 is 35.0 Å². The molecule has 1 aromatic heterocycles. The highest BCUT2D eigenvalue weighted by Crippen LogP contribution is 2.41. The lowest BCUT2D eigenvalue weighted by Crippen LogP contribution is -2.08. The summed E-state index contributed by atoms with van der Waals surface area (Å²) in [6.07, 6.45) is -4.58. The first-order valence-corrected chi connectivity index (χ1v) is 7.90. The third-order valence-electron chi connectivity index (χ3n) is 2.81. The number of benzene rings is 1. The Labute approximate surface area is 144 Å². The molecule has 10 heteroatoms. The summed E-state index contributed by atoms with van der Waals surface area (Å²) in [5, 5.41) is 3.48.